The Labute approximate surface area is 97.5 Å². The first kappa shape index (κ1) is 10.9. The third-order valence-electron chi connectivity index (χ3n) is 1.89. The Morgan fingerprint density at radius 2 is 2.00 bits per heavy atom. The first-order valence-corrected chi connectivity index (χ1v) is 5.01. The molecule has 0 saturated heterocycles. The molecule has 4 nitrogen and oxygen atoms in total. The SMILES string of the molecule is OCc1cnc(Oc2ccccc2Cl)cn1. The second-order valence-electron chi connectivity index (χ2n) is 3.04. The lowest BCUT2D eigenvalue weighted by atomic mass is 10.3. The first-order chi connectivity index (χ1) is 7.79. The van der Waals surface area contributed by atoms with Gasteiger partial charge in [0.05, 0.1) is 29.7 Å². The van der Waals surface area contributed by atoms with E-state index in [1.54, 1.807) is 12.1 Å². The monoisotopic (exact) mass is 236 g/mol. The fourth-order valence-corrected chi connectivity index (χ4v) is 1.29. The van der Waals surface area contributed by atoms with Crippen LogP contribution < -0.4 is 4.74 Å². The molecule has 0 radical (unpaired) electrons. The molecule has 0 aliphatic rings. The first-order valence-electron chi connectivity index (χ1n) is 4.64. The highest BCUT2D eigenvalue weighted by atomic mass is 35.5. The summed E-state index contributed by atoms with van der Waals surface area (Å²) in [5.41, 5.74) is 0.492. The van der Waals surface area contributed by atoms with Gasteiger partial charge in [-0.2, -0.15) is 0 Å². The van der Waals surface area contributed by atoms with E-state index >= 15 is 0 Å². The lowest BCUT2D eigenvalue weighted by Crippen LogP contribution is -1.93. The van der Waals surface area contributed by atoms with Crippen LogP contribution in [0.3, 0.4) is 0 Å². The van der Waals surface area contributed by atoms with Gasteiger partial charge in [0.1, 0.15) is 5.75 Å². The van der Waals surface area contributed by atoms with Crippen LogP contribution in [0.1, 0.15) is 5.69 Å². The second-order valence-corrected chi connectivity index (χ2v) is 3.44. The molecule has 2 aromatic rings. The molecule has 0 amide bonds. The van der Waals surface area contributed by atoms with Crippen LogP contribution in [0.2, 0.25) is 5.02 Å². The molecule has 0 aliphatic heterocycles. The summed E-state index contributed by atoms with van der Waals surface area (Å²) >= 11 is 5.92. The summed E-state index contributed by atoms with van der Waals surface area (Å²) in [7, 11) is 0. The predicted molar refractivity (Wildman–Crippen MR) is 59.5 cm³/mol. The number of ether oxygens (including phenoxy) is 1. The van der Waals surface area contributed by atoms with Crippen molar-refractivity contribution in [2.24, 2.45) is 0 Å². The highest BCUT2D eigenvalue weighted by Gasteiger charge is 2.03. The van der Waals surface area contributed by atoms with Crippen LogP contribution >= 0.6 is 11.6 Å². The highest BCUT2D eigenvalue weighted by molar-refractivity contribution is 6.32. The van der Waals surface area contributed by atoms with E-state index in [1.165, 1.54) is 12.4 Å². The number of aromatic nitrogens is 2. The molecule has 0 aliphatic carbocycles. The lowest BCUT2D eigenvalue weighted by Gasteiger charge is -2.05. The maximum atomic E-state index is 8.80. The quantitative estimate of drug-likeness (QED) is 0.889. The Morgan fingerprint density at radius 1 is 1.19 bits per heavy atom. The Hall–Kier alpha value is -1.65. The third-order valence-corrected chi connectivity index (χ3v) is 2.21. The molecule has 0 fully saturated rings. The van der Waals surface area contributed by atoms with E-state index < -0.39 is 0 Å². The minimum atomic E-state index is -0.140. The van der Waals surface area contributed by atoms with Gasteiger partial charge in [-0.1, -0.05) is 23.7 Å². The van der Waals surface area contributed by atoms with Crippen molar-refractivity contribution in [1.82, 2.24) is 9.97 Å². The topological polar surface area (TPSA) is 55.2 Å². The zero-order chi connectivity index (χ0) is 11.4. The Kier molecular flexibility index (Phi) is 3.34. The van der Waals surface area contributed by atoms with Crippen LogP contribution in [0.15, 0.2) is 36.7 Å². The number of rotatable bonds is 3. The van der Waals surface area contributed by atoms with Gasteiger partial charge in [-0.15, -0.1) is 0 Å². The van der Waals surface area contributed by atoms with Gasteiger partial charge in [0.25, 0.3) is 0 Å². The average molecular weight is 237 g/mol. The van der Waals surface area contributed by atoms with Crippen LogP contribution in [0, 0.1) is 0 Å². The van der Waals surface area contributed by atoms with Crippen LogP contribution in [0.25, 0.3) is 0 Å². The fourth-order valence-electron chi connectivity index (χ4n) is 1.12. The van der Waals surface area contributed by atoms with Crippen molar-refractivity contribution in [3.05, 3.63) is 47.4 Å². The van der Waals surface area contributed by atoms with Crippen molar-refractivity contribution in [3.8, 4) is 11.6 Å². The van der Waals surface area contributed by atoms with Crippen LogP contribution in [-0.4, -0.2) is 15.1 Å². The molecule has 16 heavy (non-hydrogen) atoms. The Bertz CT molecular complexity index is 474. The molecule has 0 saturated carbocycles. The zero-order valence-electron chi connectivity index (χ0n) is 8.30. The summed E-state index contributed by atoms with van der Waals surface area (Å²) in [6.45, 7) is -0.140. The number of benzene rings is 1. The van der Waals surface area contributed by atoms with Gasteiger partial charge >= 0.3 is 0 Å². The van der Waals surface area contributed by atoms with Crippen molar-refractivity contribution in [1.29, 1.82) is 0 Å². The Morgan fingerprint density at radius 3 is 2.62 bits per heavy atom. The molecule has 82 valence electrons. The number of halogens is 1. The molecular weight excluding hydrogens is 228 g/mol. The van der Waals surface area contributed by atoms with Crippen LogP contribution in [0.5, 0.6) is 11.6 Å². The maximum absolute atomic E-state index is 8.80. The number of hydrogen-bond acceptors (Lipinski definition) is 4. The van der Waals surface area contributed by atoms with E-state index in [0.717, 1.165) is 0 Å². The van der Waals surface area contributed by atoms with E-state index in [1.807, 2.05) is 12.1 Å². The summed E-state index contributed by atoms with van der Waals surface area (Å²) in [5, 5.41) is 9.31. The summed E-state index contributed by atoms with van der Waals surface area (Å²) in [6, 6.07) is 7.10. The molecule has 2 rings (SSSR count). The average Bonchev–Trinajstić information content (AvgIpc) is 2.33. The van der Waals surface area contributed by atoms with Crippen molar-refractivity contribution >= 4 is 11.6 Å². The summed E-state index contributed by atoms with van der Waals surface area (Å²) in [6.07, 6.45) is 2.89. The molecule has 1 aromatic heterocycles. The number of aliphatic hydroxyl groups excluding tert-OH is 1. The summed E-state index contributed by atoms with van der Waals surface area (Å²) < 4.78 is 5.42. The fraction of sp³-hybridized carbons (Fsp3) is 0.0909. The minimum absolute atomic E-state index is 0.140. The molecule has 0 unspecified atom stereocenters. The molecule has 0 atom stereocenters. The smallest absolute Gasteiger partial charge is 0.237 e. The predicted octanol–water partition coefficient (Wildman–Crippen LogP) is 2.41. The normalized spacial score (nSPS) is 10.1. The van der Waals surface area contributed by atoms with Crippen LogP contribution in [0.4, 0.5) is 0 Å². The molecule has 1 heterocycles. The van der Waals surface area contributed by atoms with E-state index in [4.69, 9.17) is 21.4 Å². The zero-order valence-corrected chi connectivity index (χ0v) is 9.05. The van der Waals surface area contributed by atoms with E-state index in [9.17, 15) is 0 Å². The van der Waals surface area contributed by atoms with Gasteiger partial charge in [0.2, 0.25) is 5.88 Å². The number of para-hydroxylation sites is 1. The van der Waals surface area contributed by atoms with Gasteiger partial charge < -0.3 is 9.84 Å². The Balaban J connectivity index is 2.18. The molecule has 1 N–H and O–H groups in total. The summed E-state index contributed by atoms with van der Waals surface area (Å²) in [4.78, 5) is 7.92. The molecule has 5 heteroatoms. The van der Waals surface area contributed by atoms with Gasteiger partial charge in [0.15, 0.2) is 0 Å². The largest absolute Gasteiger partial charge is 0.436 e. The van der Waals surface area contributed by atoms with Crippen molar-refractivity contribution < 1.29 is 9.84 Å². The van der Waals surface area contributed by atoms with Gasteiger partial charge in [0, 0.05) is 0 Å². The number of nitrogens with zero attached hydrogens (tertiary/aromatic N) is 2. The van der Waals surface area contributed by atoms with Gasteiger partial charge in [-0.25, -0.2) is 4.98 Å². The van der Waals surface area contributed by atoms with E-state index in [0.29, 0.717) is 22.3 Å². The van der Waals surface area contributed by atoms with Gasteiger partial charge in [-0.3, -0.25) is 4.98 Å². The molecule has 1 aromatic carbocycles. The van der Waals surface area contributed by atoms with Gasteiger partial charge in [-0.05, 0) is 12.1 Å². The van der Waals surface area contributed by atoms with Crippen LogP contribution in [-0.2, 0) is 6.61 Å². The number of hydrogen-bond donors (Lipinski definition) is 1. The molecular formula is C11H9ClN2O2. The third kappa shape index (κ3) is 2.48. The standard InChI is InChI=1S/C11H9ClN2O2/c12-9-3-1-2-4-10(9)16-11-6-13-8(7-15)5-14-11/h1-6,15H,7H2. The van der Waals surface area contributed by atoms with Crippen molar-refractivity contribution in [2.45, 2.75) is 6.61 Å². The lowest BCUT2D eigenvalue weighted by molar-refractivity contribution is 0.276. The molecule has 0 bridgehead atoms. The molecule has 0 spiro atoms. The maximum Gasteiger partial charge on any atom is 0.237 e. The van der Waals surface area contributed by atoms with Crippen molar-refractivity contribution in [2.75, 3.05) is 0 Å². The van der Waals surface area contributed by atoms with E-state index in [-0.39, 0.29) is 6.61 Å². The second kappa shape index (κ2) is 4.92. The minimum Gasteiger partial charge on any atom is -0.436 e. The number of aliphatic hydroxyl groups is 1. The summed E-state index contributed by atoms with van der Waals surface area (Å²) in [5.74, 6) is 0.862. The van der Waals surface area contributed by atoms with E-state index in [2.05, 4.69) is 9.97 Å². The van der Waals surface area contributed by atoms with Crippen molar-refractivity contribution in [3.63, 3.8) is 0 Å². The highest BCUT2D eigenvalue weighted by Crippen LogP contribution is 2.27.